The molecule has 2 aromatic rings. The van der Waals surface area contributed by atoms with E-state index in [1.165, 1.54) is 11.1 Å². The van der Waals surface area contributed by atoms with Gasteiger partial charge in [0.1, 0.15) is 0 Å². The monoisotopic (exact) mass is 304 g/mol. The Bertz CT molecular complexity index is 647. The van der Waals surface area contributed by atoms with E-state index < -0.39 is 0 Å². The van der Waals surface area contributed by atoms with Crippen LogP contribution >= 0.6 is 11.6 Å². The number of aromatic nitrogens is 3. The average molecular weight is 305 g/mol. The Labute approximate surface area is 129 Å². The quantitative estimate of drug-likeness (QED) is 0.872. The summed E-state index contributed by atoms with van der Waals surface area (Å²) in [6.07, 6.45) is 0.971. The van der Waals surface area contributed by atoms with Gasteiger partial charge in [0, 0.05) is 13.1 Å². The summed E-state index contributed by atoms with van der Waals surface area (Å²) in [5, 5.41) is 0.162. The van der Waals surface area contributed by atoms with E-state index in [9.17, 15) is 0 Å². The van der Waals surface area contributed by atoms with Gasteiger partial charge in [-0.2, -0.15) is 15.0 Å². The van der Waals surface area contributed by atoms with Crippen LogP contribution in [0, 0.1) is 0 Å². The fraction of sp³-hybridized carbons (Fsp3) is 0.400. The SMILES string of the molecule is CC(C)Oc1nc(Cl)nc(N2CCc3ccccc3C2)n1. The van der Waals surface area contributed by atoms with Crippen molar-refractivity contribution in [2.24, 2.45) is 0 Å². The Hall–Kier alpha value is -1.88. The van der Waals surface area contributed by atoms with Crippen molar-refractivity contribution in [2.45, 2.75) is 32.9 Å². The predicted octanol–water partition coefficient (Wildman–Crippen LogP) is 2.87. The Morgan fingerprint density at radius 3 is 2.67 bits per heavy atom. The highest BCUT2D eigenvalue weighted by atomic mass is 35.5. The summed E-state index contributed by atoms with van der Waals surface area (Å²) in [4.78, 5) is 14.7. The summed E-state index contributed by atoms with van der Waals surface area (Å²) >= 11 is 5.98. The van der Waals surface area contributed by atoms with Gasteiger partial charge in [-0.1, -0.05) is 24.3 Å². The maximum atomic E-state index is 5.98. The maximum absolute atomic E-state index is 5.98. The summed E-state index contributed by atoms with van der Waals surface area (Å²) < 4.78 is 5.52. The Kier molecular flexibility index (Phi) is 3.92. The van der Waals surface area contributed by atoms with Crippen molar-refractivity contribution in [3.05, 3.63) is 40.7 Å². The molecule has 21 heavy (non-hydrogen) atoms. The molecular weight excluding hydrogens is 288 g/mol. The molecule has 2 heterocycles. The normalized spacial score (nSPS) is 14.2. The number of anilines is 1. The van der Waals surface area contributed by atoms with Gasteiger partial charge >= 0.3 is 6.01 Å². The highest BCUT2D eigenvalue weighted by Crippen LogP contribution is 2.23. The van der Waals surface area contributed by atoms with Crippen LogP contribution in [0.4, 0.5) is 5.95 Å². The second kappa shape index (κ2) is 5.85. The second-order valence-corrected chi connectivity index (χ2v) is 5.63. The third-order valence-corrected chi connectivity index (χ3v) is 3.50. The van der Waals surface area contributed by atoms with Gasteiger partial charge in [0.15, 0.2) is 0 Å². The van der Waals surface area contributed by atoms with E-state index in [2.05, 4.69) is 44.1 Å². The molecule has 5 nitrogen and oxygen atoms in total. The smallest absolute Gasteiger partial charge is 0.322 e. The van der Waals surface area contributed by atoms with Gasteiger partial charge in [-0.25, -0.2) is 0 Å². The van der Waals surface area contributed by atoms with Gasteiger partial charge in [0.05, 0.1) is 6.10 Å². The molecule has 0 spiro atoms. The molecule has 0 atom stereocenters. The fourth-order valence-electron chi connectivity index (χ4n) is 2.39. The zero-order valence-electron chi connectivity index (χ0n) is 12.1. The van der Waals surface area contributed by atoms with Crippen molar-refractivity contribution < 1.29 is 4.74 Å². The van der Waals surface area contributed by atoms with Crippen LogP contribution in [0.15, 0.2) is 24.3 Å². The number of nitrogens with zero attached hydrogens (tertiary/aromatic N) is 4. The summed E-state index contributed by atoms with van der Waals surface area (Å²) in [5.74, 6) is 0.570. The third-order valence-electron chi connectivity index (χ3n) is 3.33. The number of hydrogen-bond acceptors (Lipinski definition) is 5. The van der Waals surface area contributed by atoms with Gasteiger partial charge in [0.25, 0.3) is 0 Å². The molecule has 1 aromatic heterocycles. The van der Waals surface area contributed by atoms with E-state index >= 15 is 0 Å². The lowest BCUT2D eigenvalue weighted by Gasteiger charge is -2.28. The fourth-order valence-corrected chi connectivity index (χ4v) is 2.54. The molecule has 0 amide bonds. The largest absolute Gasteiger partial charge is 0.461 e. The lowest BCUT2D eigenvalue weighted by Crippen LogP contribution is -2.32. The molecule has 0 fully saturated rings. The lowest BCUT2D eigenvalue weighted by atomic mass is 10.0. The zero-order chi connectivity index (χ0) is 14.8. The average Bonchev–Trinajstić information content (AvgIpc) is 2.45. The van der Waals surface area contributed by atoms with E-state index in [-0.39, 0.29) is 17.4 Å². The molecule has 1 aliphatic heterocycles. The van der Waals surface area contributed by atoms with Crippen LogP contribution in [0.1, 0.15) is 25.0 Å². The van der Waals surface area contributed by atoms with Crippen molar-refractivity contribution >= 4 is 17.5 Å². The highest BCUT2D eigenvalue weighted by molar-refractivity contribution is 6.28. The van der Waals surface area contributed by atoms with E-state index in [0.29, 0.717) is 5.95 Å². The lowest BCUT2D eigenvalue weighted by molar-refractivity contribution is 0.221. The molecule has 1 aliphatic rings. The minimum Gasteiger partial charge on any atom is -0.461 e. The minimum atomic E-state index is -0.00148. The summed E-state index contributed by atoms with van der Waals surface area (Å²) in [7, 11) is 0. The van der Waals surface area contributed by atoms with Crippen molar-refractivity contribution in [1.82, 2.24) is 15.0 Å². The van der Waals surface area contributed by atoms with Crippen molar-refractivity contribution in [2.75, 3.05) is 11.4 Å². The van der Waals surface area contributed by atoms with Crippen molar-refractivity contribution in [1.29, 1.82) is 0 Å². The molecule has 0 radical (unpaired) electrons. The van der Waals surface area contributed by atoms with Crippen LogP contribution in [-0.4, -0.2) is 27.6 Å². The van der Waals surface area contributed by atoms with E-state index in [4.69, 9.17) is 16.3 Å². The molecule has 0 unspecified atom stereocenters. The van der Waals surface area contributed by atoms with Gasteiger partial charge < -0.3 is 9.64 Å². The maximum Gasteiger partial charge on any atom is 0.322 e. The Balaban J connectivity index is 1.86. The molecule has 6 heteroatoms. The number of benzene rings is 1. The molecular formula is C15H17ClN4O. The van der Waals surface area contributed by atoms with Crippen LogP contribution in [-0.2, 0) is 13.0 Å². The molecule has 0 saturated carbocycles. The Morgan fingerprint density at radius 1 is 1.14 bits per heavy atom. The number of hydrogen-bond donors (Lipinski definition) is 0. The van der Waals surface area contributed by atoms with Crippen LogP contribution < -0.4 is 9.64 Å². The first-order valence-electron chi connectivity index (χ1n) is 7.02. The van der Waals surface area contributed by atoms with E-state index in [0.717, 1.165) is 19.5 Å². The predicted molar refractivity (Wildman–Crippen MR) is 81.8 cm³/mol. The second-order valence-electron chi connectivity index (χ2n) is 5.29. The van der Waals surface area contributed by atoms with Crippen LogP contribution in [0.5, 0.6) is 6.01 Å². The van der Waals surface area contributed by atoms with Gasteiger partial charge in [-0.15, -0.1) is 0 Å². The molecule has 0 saturated heterocycles. The number of fused-ring (bicyclic) bond motifs is 1. The number of halogens is 1. The Morgan fingerprint density at radius 2 is 1.90 bits per heavy atom. The molecule has 3 rings (SSSR count). The molecule has 0 aliphatic carbocycles. The van der Waals surface area contributed by atoms with Crippen LogP contribution in [0.25, 0.3) is 0 Å². The topological polar surface area (TPSA) is 51.1 Å². The van der Waals surface area contributed by atoms with Gasteiger partial charge in [-0.05, 0) is 43.0 Å². The third kappa shape index (κ3) is 3.24. The standard InChI is InChI=1S/C15H17ClN4O/c1-10(2)21-15-18-13(16)17-14(19-15)20-8-7-11-5-3-4-6-12(11)9-20/h3-6,10H,7-9H2,1-2H3. The van der Waals surface area contributed by atoms with Gasteiger partial charge in [-0.3, -0.25) is 0 Å². The summed E-state index contributed by atoms with van der Waals surface area (Å²) in [6.45, 7) is 5.49. The van der Waals surface area contributed by atoms with Crippen LogP contribution in [0.3, 0.4) is 0 Å². The first kappa shape index (κ1) is 14.1. The molecule has 1 aromatic carbocycles. The summed E-state index contributed by atoms with van der Waals surface area (Å²) in [6, 6.07) is 8.70. The van der Waals surface area contributed by atoms with Crippen LogP contribution in [0.2, 0.25) is 5.28 Å². The number of ether oxygens (including phenoxy) is 1. The highest BCUT2D eigenvalue weighted by Gasteiger charge is 2.20. The van der Waals surface area contributed by atoms with E-state index in [1.807, 2.05) is 13.8 Å². The molecule has 0 N–H and O–H groups in total. The molecule has 110 valence electrons. The number of rotatable bonds is 3. The summed E-state index contributed by atoms with van der Waals surface area (Å²) in [5.41, 5.74) is 2.68. The first-order valence-corrected chi connectivity index (χ1v) is 7.39. The van der Waals surface area contributed by atoms with Gasteiger partial charge in [0.2, 0.25) is 11.2 Å². The first-order chi connectivity index (χ1) is 10.1. The van der Waals surface area contributed by atoms with E-state index in [1.54, 1.807) is 0 Å². The molecule has 0 bridgehead atoms. The zero-order valence-corrected chi connectivity index (χ0v) is 12.8. The van der Waals surface area contributed by atoms with Crippen molar-refractivity contribution in [3.8, 4) is 6.01 Å². The van der Waals surface area contributed by atoms with Crippen molar-refractivity contribution in [3.63, 3.8) is 0 Å². The minimum absolute atomic E-state index is 0.00148.